The van der Waals surface area contributed by atoms with E-state index in [4.69, 9.17) is 10.5 Å². The zero-order chi connectivity index (χ0) is 10.8. The second-order valence-electron chi connectivity index (χ2n) is 3.15. The fourth-order valence-electron chi connectivity index (χ4n) is 1.47. The Kier molecular flexibility index (Phi) is 2.60. The highest BCUT2D eigenvalue weighted by molar-refractivity contribution is 7.15. The topological polar surface area (TPSA) is 48.1 Å². The van der Waals surface area contributed by atoms with Crippen LogP contribution in [0.3, 0.4) is 0 Å². The fourth-order valence-corrected chi connectivity index (χ4v) is 2.34. The van der Waals surface area contributed by atoms with E-state index in [1.54, 1.807) is 18.4 Å². The molecule has 0 atom stereocenters. The van der Waals surface area contributed by atoms with Crippen LogP contribution in [-0.2, 0) is 0 Å². The molecule has 2 N–H and O–H groups in total. The number of methoxy groups -OCH3 is 1. The van der Waals surface area contributed by atoms with Crippen LogP contribution in [0.5, 0.6) is 5.75 Å². The van der Waals surface area contributed by atoms with E-state index in [1.165, 1.54) is 0 Å². The molecular formula is C11H12N2OS. The van der Waals surface area contributed by atoms with Gasteiger partial charge in [0.25, 0.3) is 0 Å². The summed E-state index contributed by atoms with van der Waals surface area (Å²) < 4.78 is 5.29. The minimum absolute atomic E-state index is 0.571. The van der Waals surface area contributed by atoms with Gasteiger partial charge in [0.15, 0.2) is 0 Å². The van der Waals surface area contributed by atoms with Crippen LogP contribution < -0.4 is 10.5 Å². The summed E-state index contributed by atoms with van der Waals surface area (Å²) in [4.78, 5) is 5.18. The molecule has 0 unspecified atom stereocenters. The summed E-state index contributed by atoms with van der Waals surface area (Å²) in [5, 5.41) is 0.966. The smallest absolute Gasteiger partial charge is 0.142 e. The van der Waals surface area contributed by atoms with E-state index < -0.39 is 0 Å². The number of nitrogen functional groups attached to an aromatic ring is 1. The Bertz CT molecular complexity index is 479. The number of nitrogens with zero attached hydrogens (tertiary/aromatic N) is 1. The van der Waals surface area contributed by atoms with Gasteiger partial charge in [-0.15, -0.1) is 11.3 Å². The molecule has 0 bridgehead atoms. The molecule has 0 aliphatic carbocycles. The number of anilines is 1. The molecule has 78 valence electrons. The first-order valence-corrected chi connectivity index (χ1v) is 5.40. The van der Waals surface area contributed by atoms with E-state index in [0.29, 0.717) is 5.82 Å². The summed E-state index contributed by atoms with van der Waals surface area (Å²) in [5.74, 6) is 1.40. The quantitative estimate of drug-likeness (QED) is 0.846. The van der Waals surface area contributed by atoms with Crippen molar-refractivity contribution in [2.75, 3.05) is 12.8 Å². The number of para-hydroxylation sites is 1. The summed E-state index contributed by atoms with van der Waals surface area (Å²) in [6.07, 6.45) is 0. The lowest BCUT2D eigenvalue weighted by molar-refractivity contribution is 0.416. The van der Waals surface area contributed by atoms with Crippen LogP contribution in [0.2, 0.25) is 0 Å². The van der Waals surface area contributed by atoms with Crippen molar-refractivity contribution in [2.24, 2.45) is 0 Å². The standard InChI is InChI=1S/C11H12N2OS/c1-7-13-11(12)10(15-7)8-5-3-4-6-9(8)14-2/h3-6H,12H2,1-2H3. The minimum atomic E-state index is 0.571. The lowest BCUT2D eigenvalue weighted by Crippen LogP contribution is -1.90. The zero-order valence-electron chi connectivity index (χ0n) is 8.65. The molecule has 0 saturated heterocycles. The summed E-state index contributed by atoms with van der Waals surface area (Å²) in [5.41, 5.74) is 6.84. The molecule has 0 radical (unpaired) electrons. The number of benzene rings is 1. The Labute approximate surface area is 92.5 Å². The highest BCUT2D eigenvalue weighted by atomic mass is 32.1. The number of hydrogen-bond donors (Lipinski definition) is 1. The highest BCUT2D eigenvalue weighted by Crippen LogP contribution is 2.37. The number of ether oxygens (including phenoxy) is 1. The molecule has 0 fully saturated rings. The number of nitrogens with two attached hydrogens (primary N) is 1. The molecule has 3 nitrogen and oxygen atoms in total. The molecule has 0 aliphatic rings. The predicted molar refractivity (Wildman–Crippen MR) is 63.3 cm³/mol. The Morgan fingerprint density at radius 1 is 1.33 bits per heavy atom. The monoisotopic (exact) mass is 220 g/mol. The number of rotatable bonds is 2. The second-order valence-corrected chi connectivity index (χ2v) is 4.35. The predicted octanol–water partition coefficient (Wildman–Crippen LogP) is 2.71. The first-order chi connectivity index (χ1) is 7.22. The number of aryl methyl sites for hydroxylation is 1. The molecule has 1 aromatic heterocycles. The van der Waals surface area contributed by atoms with E-state index in [0.717, 1.165) is 21.2 Å². The lowest BCUT2D eigenvalue weighted by atomic mass is 10.1. The summed E-state index contributed by atoms with van der Waals surface area (Å²) >= 11 is 1.58. The number of thiazole rings is 1. The van der Waals surface area contributed by atoms with Gasteiger partial charge in [-0.25, -0.2) is 4.98 Å². The molecular weight excluding hydrogens is 208 g/mol. The van der Waals surface area contributed by atoms with Gasteiger partial charge in [0, 0.05) is 5.56 Å². The van der Waals surface area contributed by atoms with Crippen molar-refractivity contribution in [1.29, 1.82) is 0 Å². The molecule has 0 amide bonds. The van der Waals surface area contributed by atoms with Crippen molar-refractivity contribution in [3.8, 4) is 16.2 Å². The Morgan fingerprint density at radius 2 is 2.07 bits per heavy atom. The van der Waals surface area contributed by atoms with Gasteiger partial charge in [-0.05, 0) is 19.1 Å². The third kappa shape index (κ3) is 1.80. The van der Waals surface area contributed by atoms with E-state index in [1.807, 2.05) is 31.2 Å². The van der Waals surface area contributed by atoms with Gasteiger partial charge >= 0.3 is 0 Å². The maximum Gasteiger partial charge on any atom is 0.142 e. The van der Waals surface area contributed by atoms with Crippen LogP contribution >= 0.6 is 11.3 Å². The molecule has 4 heteroatoms. The van der Waals surface area contributed by atoms with Gasteiger partial charge < -0.3 is 10.5 Å². The van der Waals surface area contributed by atoms with Crippen molar-refractivity contribution in [1.82, 2.24) is 4.98 Å². The maximum absolute atomic E-state index is 5.84. The van der Waals surface area contributed by atoms with Crippen LogP contribution in [0.15, 0.2) is 24.3 Å². The normalized spacial score (nSPS) is 10.3. The third-order valence-electron chi connectivity index (χ3n) is 2.11. The Balaban J connectivity index is 2.58. The van der Waals surface area contributed by atoms with Gasteiger partial charge in [-0.2, -0.15) is 0 Å². The zero-order valence-corrected chi connectivity index (χ0v) is 9.47. The maximum atomic E-state index is 5.84. The second kappa shape index (κ2) is 3.90. The van der Waals surface area contributed by atoms with E-state index >= 15 is 0 Å². The van der Waals surface area contributed by atoms with E-state index in [-0.39, 0.29) is 0 Å². The summed E-state index contributed by atoms with van der Waals surface area (Å²) in [6, 6.07) is 7.81. The van der Waals surface area contributed by atoms with Crippen molar-refractivity contribution >= 4 is 17.2 Å². The number of hydrogen-bond acceptors (Lipinski definition) is 4. The first-order valence-electron chi connectivity index (χ1n) is 4.58. The first kappa shape index (κ1) is 9.98. The molecule has 2 rings (SSSR count). The van der Waals surface area contributed by atoms with Gasteiger partial charge in [-0.3, -0.25) is 0 Å². The van der Waals surface area contributed by atoms with E-state index in [2.05, 4.69) is 4.98 Å². The van der Waals surface area contributed by atoms with Crippen molar-refractivity contribution in [2.45, 2.75) is 6.92 Å². The summed E-state index contributed by atoms with van der Waals surface area (Å²) in [7, 11) is 1.66. The highest BCUT2D eigenvalue weighted by Gasteiger charge is 2.12. The van der Waals surface area contributed by atoms with Gasteiger partial charge in [-0.1, -0.05) is 12.1 Å². The van der Waals surface area contributed by atoms with Gasteiger partial charge in [0.05, 0.1) is 17.0 Å². The molecule has 0 aliphatic heterocycles. The molecule has 1 aromatic carbocycles. The van der Waals surface area contributed by atoms with Crippen LogP contribution in [0, 0.1) is 6.92 Å². The SMILES string of the molecule is COc1ccccc1-c1sc(C)nc1N. The lowest BCUT2D eigenvalue weighted by Gasteiger charge is -2.05. The van der Waals surface area contributed by atoms with E-state index in [9.17, 15) is 0 Å². The van der Waals surface area contributed by atoms with Crippen LogP contribution in [0.4, 0.5) is 5.82 Å². The molecule has 15 heavy (non-hydrogen) atoms. The molecule has 0 spiro atoms. The largest absolute Gasteiger partial charge is 0.496 e. The minimum Gasteiger partial charge on any atom is -0.496 e. The molecule has 0 saturated carbocycles. The van der Waals surface area contributed by atoms with Gasteiger partial charge in [0.2, 0.25) is 0 Å². The van der Waals surface area contributed by atoms with Crippen LogP contribution in [-0.4, -0.2) is 12.1 Å². The Morgan fingerprint density at radius 3 is 2.67 bits per heavy atom. The van der Waals surface area contributed by atoms with Crippen molar-refractivity contribution in [3.05, 3.63) is 29.3 Å². The molecule has 2 aromatic rings. The average molecular weight is 220 g/mol. The summed E-state index contributed by atoms with van der Waals surface area (Å²) in [6.45, 7) is 1.94. The van der Waals surface area contributed by atoms with Crippen molar-refractivity contribution in [3.63, 3.8) is 0 Å². The Hall–Kier alpha value is -1.55. The van der Waals surface area contributed by atoms with Crippen LogP contribution in [0.25, 0.3) is 10.4 Å². The average Bonchev–Trinajstić information content (AvgIpc) is 2.57. The third-order valence-corrected chi connectivity index (χ3v) is 3.13. The van der Waals surface area contributed by atoms with Crippen LogP contribution in [0.1, 0.15) is 5.01 Å². The fraction of sp³-hybridized carbons (Fsp3) is 0.182. The van der Waals surface area contributed by atoms with Gasteiger partial charge in [0.1, 0.15) is 11.6 Å². The van der Waals surface area contributed by atoms with Crippen molar-refractivity contribution < 1.29 is 4.74 Å². The molecule has 1 heterocycles. The number of aromatic nitrogens is 1.